The Bertz CT molecular complexity index is 192. The molecule has 0 aromatic rings. The Morgan fingerprint density at radius 1 is 1.33 bits per heavy atom. The molecule has 88 valence electrons. The van der Waals surface area contributed by atoms with E-state index in [0.717, 1.165) is 52.3 Å². The lowest BCUT2D eigenvalue weighted by atomic mass is 10.0. The molecule has 0 aromatic heterocycles. The fraction of sp³-hybridized carbons (Fsp3) is 1.00. The lowest BCUT2D eigenvalue weighted by Gasteiger charge is -2.38. The van der Waals surface area contributed by atoms with E-state index >= 15 is 0 Å². The van der Waals surface area contributed by atoms with E-state index in [4.69, 9.17) is 14.2 Å². The maximum atomic E-state index is 5.72. The average molecular weight is 215 g/mol. The molecule has 2 aliphatic rings. The van der Waals surface area contributed by atoms with Crippen LogP contribution in [0.25, 0.3) is 0 Å². The zero-order chi connectivity index (χ0) is 10.6. The Hall–Kier alpha value is -0.160. The molecule has 2 rings (SSSR count). The molecule has 2 saturated heterocycles. The van der Waals surface area contributed by atoms with Crippen LogP contribution < -0.4 is 0 Å². The molecule has 0 radical (unpaired) electrons. The maximum Gasteiger partial charge on any atom is 0.181 e. The first kappa shape index (κ1) is 11.3. The topological polar surface area (TPSA) is 30.9 Å². The third kappa shape index (κ3) is 2.91. The highest BCUT2D eigenvalue weighted by Crippen LogP contribution is 2.29. The van der Waals surface area contributed by atoms with Gasteiger partial charge in [0.1, 0.15) is 0 Å². The summed E-state index contributed by atoms with van der Waals surface area (Å²) < 4.78 is 16.5. The molecule has 2 heterocycles. The van der Waals surface area contributed by atoms with Crippen LogP contribution >= 0.6 is 0 Å². The Labute approximate surface area is 91.5 Å². The van der Waals surface area contributed by atoms with Crippen molar-refractivity contribution < 1.29 is 14.2 Å². The van der Waals surface area contributed by atoms with Crippen molar-refractivity contribution in [1.29, 1.82) is 0 Å². The second-order valence-electron chi connectivity index (χ2n) is 4.33. The van der Waals surface area contributed by atoms with Gasteiger partial charge in [0.2, 0.25) is 0 Å². The number of hydrogen-bond acceptors (Lipinski definition) is 4. The summed E-state index contributed by atoms with van der Waals surface area (Å²) >= 11 is 0. The van der Waals surface area contributed by atoms with Crippen LogP contribution in [0.5, 0.6) is 0 Å². The molecule has 0 atom stereocenters. The van der Waals surface area contributed by atoms with Gasteiger partial charge < -0.3 is 14.2 Å². The molecule has 0 bridgehead atoms. The quantitative estimate of drug-likeness (QED) is 0.651. The molecule has 0 aliphatic carbocycles. The lowest BCUT2D eigenvalue weighted by molar-refractivity contribution is -0.189. The Morgan fingerprint density at radius 2 is 2.13 bits per heavy atom. The van der Waals surface area contributed by atoms with Gasteiger partial charge in [0.05, 0.1) is 19.8 Å². The number of methoxy groups -OCH3 is 1. The van der Waals surface area contributed by atoms with E-state index in [1.807, 2.05) is 0 Å². The summed E-state index contributed by atoms with van der Waals surface area (Å²) in [5, 5.41) is 0. The summed E-state index contributed by atoms with van der Waals surface area (Å²) in [7, 11) is 1.75. The van der Waals surface area contributed by atoms with Crippen LogP contribution in [-0.4, -0.2) is 57.3 Å². The van der Waals surface area contributed by atoms with Gasteiger partial charge in [-0.15, -0.1) is 0 Å². The van der Waals surface area contributed by atoms with Gasteiger partial charge in [0.25, 0.3) is 0 Å². The van der Waals surface area contributed by atoms with Crippen LogP contribution in [0, 0.1) is 0 Å². The van der Waals surface area contributed by atoms with Gasteiger partial charge in [-0.3, -0.25) is 4.90 Å². The average Bonchev–Trinajstić information content (AvgIpc) is 2.67. The molecule has 1 spiro atoms. The van der Waals surface area contributed by atoms with Crippen molar-refractivity contribution in [2.24, 2.45) is 0 Å². The third-order valence-corrected chi connectivity index (χ3v) is 3.13. The number of ether oxygens (including phenoxy) is 3. The van der Waals surface area contributed by atoms with E-state index in [1.165, 1.54) is 6.42 Å². The first-order valence-corrected chi connectivity index (χ1v) is 5.84. The van der Waals surface area contributed by atoms with Gasteiger partial charge in [-0.05, 0) is 19.4 Å². The number of rotatable bonds is 4. The molecule has 0 amide bonds. The van der Waals surface area contributed by atoms with E-state index in [0.29, 0.717) is 0 Å². The number of nitrogens with zero attached hydrogens (tertiary/aromatic N) is 1. The van der Waals surface area contributed by atoms with Gasteiger partial charge >= 0.3 is 0 Å². The third-order valence-electron chi connectivity index (χ3n) is 3.13. The van der Waals surface area contributed by atoms with Gasteiger partial charge in [0, 0.05) is 26.7 Å². The molecular formula is C11H21NO3. The first-order chi connectivity index (χ1) is 7.35. The molecule has 0 unspecified atom stereocenters. The molecular weight excluding hydrogens is 194 g/mol. The van der Waals surface area contributed by atoms with Crippen molar-refractivity contribution in [3.05, 3.63) is 0 Å². The first-order valence-electron chi connectivity index (χ1n) is 5.84. The lowest BCUT2D eigenvalue weighted by Crippen LogP contribution is -2.49. The van der Waals surface area contributed by atoms with Crippen LogP contribution in [0.15, 0.2) is 0 Å². The molecule has 2 fully saturated rings. The van der Waals surface area contributed by atoms with Crippen molar-refractivity contribution in [2.75, 3.05) is 46.6 Å². The molecule has 4 heteroatoms. The molecule has 2 aliphatic heterocycles. The van der Waals surface area contributed by atoms with Gasteiger partial charge in [-0.25, -0.2) is 0 Å². The predicted octanol–water partition coefficient (Wildman–Crippen LogP) is 0.862. The smallest absolute Gasteiger partial charge is 0.181 e. The summed E-state index contributed by atoms with van der Waals surface area (Å²) in [5.74, 6) is -0.272. The fourth-order valence-corrected chi connectivity index (χ4v) is 2.43. The predicted molar refractivity (Wildman–Crippen MR) is 56.8 cm³/mol. The van der Waals surface area contributed by atoms with Crippen LogP contribution in [0.1, 0.15) is 19.3 Å². The molecule has 0 N–H and O–H groups in total. The molecule has 15 heavy (non-hydrogen) atoms. The normalized spacial score (nSPS) is 26.2. The maximum absolute atomic E-state index is 5.72. The summed E-state index contributed by atoms with van der Waals surface area (Å²) in [6.07, 6.45) is 3.31. The minimum Gasteiger partial charge on any atom is -0.385 e. The molecule has 4 nitrogen and oxygen atoms in total. The summed E-state index contributed by atoms with van der Waals surface area (Å²) in [4.78, 5) is 2.42. The number of likely N-dealkylation sites (tertiary alicyclic amines) is 1. The van der Waals surface area contributed by atoms with E-state index in [2.05, 4.69) is 4.90 Å². The summed E-state index contributed by atoms with van der Waals surface area (Å²) in [6.45, 7) is 5.53. The Kier molecular flexibility index (Phi) is 3.97. The van der Waals surface area contributed by atoms with Crippen LogP contribution in [0.4, 0.5) is 0 Å². The van der Waals surface area contributed by atoms with E-state index in [1.54, 1.807) is 7.11 Å². The highest BCUT2D eigenvalue weighted by Gasteiger charge is 2.40. The molecule has 0 saturated carbocycles. The number of hydrogen-bond donors (Lipinski definition) is 0. The second kappa shape index (κ2) is 5.25. The fourth-order valence-electron chi connectivity index (χ4n) is 2.43. The van der Waals surface area contributed by atoms with Gasteiger partial charge in [-0.1, -0.05) is 0 Å². The van der Waals surface area contributed by atoms with E-state index < -0.39 is 0 Å². The monoisotopic (exact) mass is 215 g/mol. The Balaban J connectivity index is 1.76. The number of piperidine rings is 1. The minimum atomic E-state index is -0.272. The zero-order valence-electron chi connectivity index (χ0n) is 9.54. The second-order valence-corrected chi connectivity index (χ2v) is 4.33. The van der Waals surface area contributed by atoms with E-state index in [-0.39, 0.29) is 5.79 Å². The van der Waals surface area contributed by atoms with Gasteiger partial charge in [-0.2, -0.15) is 0 Å². The van der Waals surface area contributed by atoms with Crippen molar-refractivity contribution >= 4 is 0 Å². The largest absolute Gasteiger partial charge is 0.385 e. The Morgan fingerprint density at radius 3 is 2.87 bits per heavy atom. The van der Waals surface area contributed by atoms with Crippen molar-refractivity contribution in [1.82, 2.24) is 4.90 Å². The zero-order valence-corrected chi connectivity index (χ0v) is 9.54. The van der Waals surface area contributed by atoms with Crippen molar-refractivity contribution in [2.45, 2.75) is 25.0 Å². The van der Waals surface area contributed by atoms with Crippen LogP contribution in [0.2, 0.25) is 0 Å². The van der Waals surface area contributed by atoms with Crippen LogP contribution in [0.3, 0.4) is 0 Å². The summed E-state index contributed by atoms with van der Waals surface area (Å²) in [6, 6.07) is 0. The highest BCUT2D eigenvalue weighted by atomic mass is 16.7. The van der Waals surface area contributed by atoms with Crippen molar-refractivity contribution in [3.63, 3.8) is 0 Å². The standard InChI is InChI=1S/C11H21NO3/c1-13-7-3-6-12-5-2-4-11(10-12)14-8-9-15-11/h2-10H2,1H3. The van der Waals surface area contributed by atoms with Gasteiger partial charge in [0.15, 0.2) is 5.79 Å². The highest BCUT2D eigenvalue weighted by molar-refractivity contribution is 4.83. The van der Waals surface area contributed by atoms with Crippen LogP contribution in [-0.2, 0) is 14.2 Å². The van der Waals surface area contributed by atoms with Crippen molar-refractivity contribution in [3.8, 4) is 0 Å². The SMILES string of the molecule is COCCCN1CCCC2(C1)OCCO2. The minimum absolute atomic E-state index is 0.272. The van der Waals surface area contributed by atoms with E-state index in [9.17, 15) is 0 Å². The summed E-state index contributed by atoms with van der Waals surface area (Å²) in [5.41, 5.74) is 0. The molecule has 0 aromatic carbocycles.